The molecule has 0 fully saturated rings. The van der Waals surface area contributed by atoms with Crippen molar-refractivity contribution < 1.29 is 4.79 Å². The van der Waals surface area contributed by atoms with Crippen LogP contribution in [0.15, 0.2) is 78.4 Å². The molecule has 1 atom stereocenters. The molecule has 2 aromatic rings. The van der Waals surface area contributed by atoms with Gasteiger partial charge in [0.2, 0.25) is 0 Å². The van der Waals surface area contributed by atoms with E-state index in [0.717, 1.165) is 12.8 Å². The third-order valence-corrected chi connectivity index (χ3v) is 4.39. The van der Waals surface area contributed by atoms with Crippen molar-refractivity contribution in [3.05, 3.63) is 89.5 Å². The van der Waals surface area contributed by atoms with Crippen LogP contribution in [0.4, 0.5) is 0 Å². The van der Waals surface area contributed by atoms with Gasteiger partial charge in [-0.3, -0.25) is 0 Å². The molecular formula is C22H22O. The zero-order valence-corrected chi connectivity index (χ0v) is 13.5. The lowest BCUT2D eigenvalue weighted by atomic mass is 9.83. The van der Waals surface area contributed by atoms with Crippen molar-refractivity contribution in [1.29, 1.82) is 0 Å². The highest BCUT2D eigenvalue weighted by molar-refractivity contribution is 5.79. The van der Waals surface area contributed by atoms with E-state index in [-0.39, 0.29) is 5.78 Å². The van der Waals surface area contributed by atoms with Gasteiger partial charge in [0.1, 0.15) is 5.78 Å². The third kappa shape index (κ3) is 3.68. The molecular weight excluding hydrogens is 280 g/mol. The molecule has 1 nitrogen and oxygen atoms in total. The summed E-state index contributed by atoms with van der Waals surface area (Å²) >= 11 is 0. The Bertz CT molecular complexity index is 723. The molecule has 0 saturated carbocycles. The van der Waals surface area contributed by atoms with E-state index in [9.17, 15) is 4.79 Å². The molecule has 23 heavy (non-hydrogen) atoms. The Labute approximate surface area is 138 Å². The van der Waals surface area contributed by atoms with E-state index in [0.29, 0.717) is 12.3 Å². The van der Waals surface area contributed by atoms with Crippen molar-refractivity contribution in [1.82, 2.24) is 0 Å². The minimum atomic E-state index is 0.274. The molecule has 0 amide bonds. The largest absolute Gasteiger partial charge is 0.300 e. The van der Waals surface area contributed by atoms with Crippen molar-refractivity contribution in [3.63, 3.8) is 0 Å². The van der Waals surface area contributed by atoms with Crippen molar-refractivity contribution >= 4 is 11.4 Å². The van der Waals surface area contributed by atoms with Gasteiger partial charge >= 0.3 is 0 Å². The topological polar surface area (TPSA) is 17.1 Å². The van der Waals surface area contributed by atoms with Gasteiger partial charge in [0.05, 0.1) is 0 Å². The molecule has 1 heteroatoms. The van der Waals surface area contributed by atoms with Crippen LogP contribution in [0, 0.1) is 0 Å². The Balaban J connectivity index is 1.86. The first kappa shape index (κ1) is 15.5. The molecule has 0 aromatic heterocycles. The highest BCUT2D eigenvalue weighted by atomic mass is 16.1. The summed E-state index contributed by atoms with van der Waals surface area (Å²) < 4.78 is 0. The molecule has 0 saturated heterocycles. The third-order valence-electron chi connectivity index (χ3n) is 4.39. The van der Waals surface area contributed by atoms with Crippen LogP contribution in [0.1, 0.15) is 43.2 Å². The van der Waals surface area contributed by atoms with E-state index in [1.54, 1.807) is 6.92 Å². The number of benzene rings is 2. The van der Waals surface area contributed by atoms with Gasteiger partial charge < -0.3 is 4.79 Å². The van der Waals surface area contributed by atoms with Gasteiger partial charge in [0.15, 0.2) is 0 Å². The van der Waals surface area contributed by atoms with Crippen molar-refractivity contribution in [2.75, 3.05) is 0 Å². The normalized spacial score (nSPS) is 16.8. The lowest BCUT2D eigenvalue weighted by molar-refractivity contribution is -0.117. The summed E-state index contributed by atoms with van der Waals surface area (Å²) in [5.41, 5.74) is 5.37. The second-order valence-electron chi connectivity index (χ2n) is 6.13. The fourth-order valence-electron chi connectivity index (χ4n) is 3.29. The number of rotatable bonds is 6. The van der Waals surface area contributed by atoms with E-state index < -0.39 is 0 Å². The highest BCUT2D eigenvalue weighted by Crippen LogP contribution is 2.43. The fourth-order valence-corrected chi connectivity index (χ4v) is 3.29. The van der Waals surface area contributed by atoms with Crippen LogP contribution in [0.2, 0.25) is 0 Å². The molecule has 0 radical (unpaired) electrons. The van der Waals surface area contributed by atoms with E-state index in [2.05, 4.69) is 72.8 Å². The molecule has 0 N–H and O–H groups in total. The maximum absolute atomic E-state index is 11.2. The molecule has 1 aliphatic carbocycles. The maximum atomic E-state index is 11.2. The maximum Gasteiger partial charge on any atom is 0.129 e. The second-order valence-corrected chi connectivity index (χ2v) is 6.13. The summed E-state index contributed by atoms with van der Waals surface area (Å²) in [7, 11) is 0. The number of ketones is 1. The summed E-state index contributed by atoms with van der Waals surface area (Å²) in [5.74, 6) is 0.585. The smallest absolute Gasteiger partial charge is 0.129 e. The Kier molecular flexibility index (Phi) is 4.87. The number of carbonyl (C=O) groups excluding carboxylic acids is 1. The molecule has 116 valence electrons. The first-order valence-electron chi connectivity index (χ1n) is 8.26. The van der Waals surface area contributed by atoms with Crippen LogP contribution in [0.5, 0.6) is 0 Å². The summed E-state index contributed by atoms with van der Waals surface area (Å²) in [4.78, 5) is 11.2. The zero-order chi connectivity index (χ0) is 16.1. The predicted octanol–water partition coefficient (Wildman–Crippen LogP) is 5.55. The van der Waals surface area contributed by atoms with Crippen LogP contribution in [0.25, 0.3) is 5.57 Å². The lowest BCUT2D eigenvalue weighted by Crippen LogP contribution is -2.03. The van der Waals surface area contributed by atoms with Crippen molar-refractivity contribution in [2.24, 2.45) is 0 Å². The lowest BCUT2D eigenvalue weighted by Gasteiger charge is -2.20. The average molecular weight is 302 g/mol. The van der Waals surface area contributed by atoms with Gasteiger partial charge in [-0.2, -0.15) is 0 Å². The fraction of sp³-hybridized carbons (Fsp3) is 0.227. The Hall–Kier alpha value is -2.41. The van der Waals surface area contributed by atoms with Gasteiger partial charge in [0, 0.05) is 12.3 Å². The van der Waals surface area contributed by atoms with Crippen molar-refractivity contribution in [3.8, 4) is 0 Å². The Morgan fingerprint density at radius 3 is 2.22 bits per heavy atom. The summed E-state index contributed by atoms with van der Waals surface area (Å²) in [5, 5.41) is 0. The zero-order valence-electron chi connectivity index (χ0n) is 13.5. The monoisotopic (exact) mass is 302 g/mol. The second kappa shape index (κ2) is 7.23. The molecule has 1 aliphatic rings. The summed E-state index contributed by atoms with van der Waals surface area (Å²) in [6, 6.07) is 21.2. The van der Waals surface area contributed by atoms with Crippen LogP contribution in [-0.4, -0.2) is 5.78 Å². The standard InChI is InChI=1S/C22H22O/c1-17(23)9-8-14-20-15-16-21(18-10-4-2-5-11-18)22(20)19-12-6-3-7-13-19/h2-7,10-13,15-16,22H,8-9,14H2,1H3. The number of Topliss-reactive ketones (excluding diaryl/α,β-unsaturated/α-hetero) is 1. The van der Waals surface area contributed by atoms with Gasteiger partial charge in [-0.05, 0) is 36.5 Å². The highest BCUT2D eigenvalue weighted by Gasteiger charge is 2.25. The van der Waals surface area contributed by atoms with Crippen LogP contribution in [-0.2, 0) is 4.79 Å². The molecule has 0 aliphatic heterocycles. The molecule has 0 spiro atoms. The van der Waals surface area contributed by atoms with E-state index in [1.165, 1.54) is 22.3 Å². The first-order valence-corrected chi connectivity index (χ1v) is 8.26. The minimum absolute atomic E-state index is 0.274. The molecule has 0 bridgehead atoms. The predicted molar refractivity (Wildman–Crippen MR) is 96.2 cm³/mol. The van der Waals surface area contributed by atoms with Gasteiger partial charge in [-0.25, -0.2) is 0 Å². The van der Waals surface area contributed by atoms with Gasteiger partial charge in [-0.1, -0.05) is 78.4 Å². The van der Waals surface area contributed by atoms with Gasteiger partial charge in [-0.15, -0.1) is 0 Å². The molecule has 3 rings (SSSR count). The van der Waals surface area contributed by atoms with Gasteiger partial charge in [0.25, 0.3) is 0 Å². The summed E-state index contributed by atoms with van der Waals surface area (Å²) in [6.45, 7) is 1.67. The molecule has 0 heterocycles. The number of carbonyl (C=O) groups is 1. The average Bonchev–Trinajstić information content (AvgIpc) is 3.00. The van der Waals surface area contributed by atoms with E-state index in [1.807, 2.05) is 0 Å². The SMILES string of the molecule is CC(=O)CCCC1=CC=C(c2ccccc2)C1c1ccccc1. The first-order chi connectivity index (χ1) is 11.3. The molecule has 1 unspecified atom stereocenters. The summed E-state index contributed by atoms with van der Waals surface area (Å²) in [6.07, 6.45) is 7.07. The number of hydrogen-bond donors (Lipinski definition) is 0. The molecule has 2 aromatic carbocycles. The van der Waals surface area contributed by atoms with Crippen LogP contribution in [0.3, 0.4) is 0 Å². The van der Waals surface area contributed by atoms with Crippen LogP contribution >= 0.6 is 0 Å². The van der Waals surface area contributed by atoms with Crippen LogP contribution < -0.4 is 0 Å². The Morgan fingerprint density at radius 2 is 1.57 bits per heavy atom. The van der Waals surface area contributed by atoms with Crippen molar-refractivity contribution in [2.45, 2.75) is 32.1 Å². The van der Waals surface area contributed by atoms with E-state index in [4.69, 9.17) is 0 Å². The minimum Gasteiger partial charge on any atom is -0.300 e. The number of allylic oxidation sites excluding steroid dienone is 4. The number of hydrogen-bond acceptors (Lipinski definition) is 1. The quantitative estimate of drug-likeness (QED) is 0.683. The Morgan fingerprint density at radius 1 is 0.913 bits per heavy atom. The van der Waals surface area contributed by atoms with E-state index >= 15 is 0 Å².